The van der Waals surface area contributed by atoms with Gasteiger partial charge in [0.2, 0.25) is 0 Å². The molecule has 2 nitrogen and oxygen atoms in total. The van der Waals surface area contributed by atoms with Gasteiger partial charge in [-0.05, 0) is 24.1 Å². The van der Waals surface area contributed by atoms with Gasteiger partial charge in [0.15, 0.2) is 0 Å². The Balaban J connectivity index is 0.00000169. The molecule has 2 N–H and O–H groups in total. The van der Waals surface area contributed by atoms with Crippen molar-refractivity contribution in [2.24, 2.45) is 5.73 Å². The maximum absolute atomic E-state index is 6.01. The van der Waals surface area contributed by atoms with Crippen LogP contribution in [0.15, 0.2) is 24.5 Å². The lowest BCUT2D eigenvalue weighted by Crippen LogP contribution is -2.09. The Kier molecular flexibility index (Phi) is 7.44. The van der Waals surface area contributed by atoms with Gasteiger partial charge in [0, 0.05) is 18.4 Å². The van der Waals surface area contributed by atoms with Crippen molar-refractivity contribution < 1.29 is 0 Å². The number of rotatable bonds is 5. The predicted octanol–water partition coefficient (Wildman–Crippen LogP) is 3.08. The molecule has 0 spiro atoms. The second-order valence-electron chi connectivity index (χ2n) is 3.38. The van der Waals surface area contributed by atoms with E-state index >= 15 is 0 Å². The van der Waals surface area contributed by atoms with Gasteiger partial charge in [0.05, 0.1) is 0 Å². The van der Waals surface area contributed by atoms with Crippen LogP contribution in [-0.4, -0.2) is 4.98 Å². The second-order valence-corrected chi connectivity index (χ2v) is 3.38. The highest BCUT2D eigenvalue weighted by Crippen LogP contribution is 2.15. The lowest BCUT2D eigenvalue weighted by Gasteiger charge is -2.10. The molecule has 80 valence electrons. The molecule has 1 atom stereocenters. The first-order chi connectivity index (χ1) is 6.34. The third kappa shape index (κ3) is 4.58. The molecule has 14 heavy (non-hydrogen) atoms. The molecule has 0 radical (unpaired) electrons. The zero-order valence-corrected chi connectivity index (χ0v) is 9.46. The highest BCUT2D eigenvalue weighted by molar-refractivity contribution is 5.85. The summed E-state index contributed by atoms with van der Waals surface area (Å²) >= 11 is 0. The lowest BCUT2D eigenvalue weighted by atomic mass is 10.0. The number of nitrogens with two attached hydrogens (primary N) is 1. The minimum Gasteiger partial charge on any atom is -0.324 e. The molecule has 0 aliphatic carbocycles. The van der Waals surface area contributed by atoms with Crippen LogP contribution in [-0.2, 0) is 0 Å². The maximum atomic E-state index is 6.01. The van der Waals surface area contributed by atoms with Gasteiger partial charge in [0.25, 0.3) is 0 Å². The summed E-state index contributed by atoms with van der Waals surface area (Å²) in [6, 6.07) is 4.18. The van der Waals surface area contributed by atoms with Crippen molar-refractivity contribution in [2.45, 2.75) is 38.6 Å². The number of halogens is 1. The van der Waals surface area contributed by atoms with Crippen molar-refractivity contribution in [3.63, 3.8) is 0 Å². The summed E-state index contributed by atoms with van der Waals surface area (Å²) in [6.07, 6.45) is 8.43. The first kappa shape index (κ1) is 13.4. The lowest BCUT2D eigenvalue weighted by molar-refractivity contribution is 0.581. The first-order valence-corrected chi connectivity index (χ1v) is 5.00. The summed E-state index contributed by atoms with van der Waals surface area (Å²) in [5.74, 6) is 0. The number of hydrogen-bond acceptors (Lipinski definition) is 2. The van der Waals surface area contributed by atoms with Crippen LogP contribution in [0.4, 0.5) is 0 Å². The Bertz CT molecular complexity index is 226. The SMILES string of the molecule is CCCCCC(N)c1ccncc1.Cl. The van der Waals surface area contributed by atoms with E-state index in [0.29, 0.717) is 0 Å². The molecule has 0 saturated heterocycles. The number of hydrogen-bond donors (Lipinski definition) is 1. The third-order valence-electron chi connectivity index (χ3n) is 2.25. The molecule has 0 amide bonds. The molecule has 0 aromatic carbocycles. The molecule has 0 saturated carbocycles. The van der Waals surface area contributed by atoms with Crippen LogP contribution in [0.1, 0.15) is 44.2 Å². The van der Waals surface area contributed by atoms with Crippen LogP contribution in [0.3, 0.4) is 0 Å². The number of pyridine rings is 1. The monoisotopic (exact) mass is 214 g/mol. The highest BCUT2D eigenvalue weighted by atomic mass is 35.5. The minimum absolute atomic E-state index is 0. The molecular formula is C11H19ClN2. The second kappa shape index (κ2) is 7.77. The van der Waals surface area contributed by atoms with Crippen LogP contribution in [0, 0.1) is 0 Å². The quantitative estimate of drug-likeness (QED) is 0.766. The van der Waals surface area contributed by atoms with Crippen molar-refractivity contribution in [3.05, 3.63) is 30.1 Å². The molecule has 1 rings (SSSR count). The zero-order chi connectivity index (χ0) is 9.52. The highest BCUT2D eigenvalue weighted by Gasteiger charge is 2.03. The Morgan fingerprint density at radius 1 is 1.29 bits per heavy atom. The van der Waals surface area contributed by atoms with Crippen LogP contribution in [0.25, 0.3) is 0 Å². The van der Waals surface area contributed by atoms with E-state index in [2.05, 4.69) is 11.9 Å². The molecule has 0 fully saturated rings. The molecule has 1 aromatic heterocycles. The summed E-state index contributed by atoms with van der Waals surface area (Å²) in [5, 5.41) is 0. The molecule has 1 heterocycles. The van der Waals surface area contributed by atoms with Crippen molar-refractivity contribution in [2.75, 3.05) is 0 Å². The summed E-state index contributed by atoms with van der Waals surface area (Å²) in [4.78, 5) is 3.97. The van der Waals surface area contributed by atoms with E-state index in [1.54, 1.807) is 12.4 Å². The predicted molar refractivity (Wildman–Crippen MR) is 62.6 cm³/mol. The van der Waals surface area contributed by atoms with Crippen LogP contribution < -0.4 is 5.73 Å². The van der Waals surface area contributed by atoms with Crippen molar-refractivity contribution >= 4 is 12.4 Å². The summed E-state index contributed by atoms with van der Waals surface area (Å²) in [6.45, 7) is 2.21. The van der Waals surface area contributed by atoms with Crippen molar-refractivity contribution in [3.8, 4) is 0 Å². The van der Waals surface area contributed by atoms with Gasteiger partial charge >= 0.3 is 0 Å². The van der Waals surface area contributed by atoms with Crippen molar-refractivity contribution in [1.82, 2.24) is 4.98 Å². The molecule has 1 unspecified atom stereocenters. The normalized spacial score (nSPS) is 11.9. The van der Waals surface area contributed by atoms with Gasteiger partial charge in [-0.1, -0.05) is 26.2 Å². The van der Waals surface area contributed by atoms with Gasteiger partial charge in [-0.15, -0.1) is 12.4 Å². The van der Waals surface area contributed by atoms with E-state index in [9.17, 15) is 0 Å². The van der Waals surface area contributed by atoms with Crippen LogP contribution >= 0.6 is 12.4 Å². The summed E-state index contributed by atoms with van der Waals surface area (Å²) < 4.78 is 0. The van der Waals surface area contributed by atoms with Crippen molar-refractivity contribution in [1.29, 1.82) is 0 Å². The third-order valence-corrected chi connectivity index (χ3v) is 2.25. The van der Waals surface area contributed by atoms with Gasteiger partial charge in [-0.2, -0.15) is 0 Å². The fraction of sp³-hybridized carbons (Fsp3) is 0.545. The Hall–Kier alpha value is -0.600. The van der Waals surface area contributed by atoms with E-state index in [1.165, 1.54) is 24.8 Å². The number of aromatic nitrogens is 1. The molecular weight excluding hydrogens is 196 g/mol. The standard InChI is InChI=1S/C11H18N2.ClH/c1-2-3-4-5-11(12)10-6-8-13-9-7-10;/h6-9,11H,2-5,12H2,1H3;1H. The number of nitrogens with zero attached hydrogens (tertiary/aromatic N) is 1. The minimum atomic E-state index is 0. The van der Waals surface area contributed by atoms with Gasteiger partial charge in [-0.3, -0.25) is 4.98 Å². The topological polar surface area (TPSA) is 38.9 Å². The van der Waals surface area contributed by atoms with Crippen LogP contribution in [0.2, 0.25) is 0 Å². The Morgan fingerprint density at radius 2 is 1.93 bits per heavy atom. The molecule has 0 bridgehead atoms. The fourth-order valence-electron chi connectivity index (χ4n) is 1.39. The van der Waals surface area contributed by atoms with E-state index in [4.69, 9.17) is 5.73 Å². The summed E-state index contributed by atoms with van der Waals surface area (Å²) in [5.41, 5.74) is 7.21. The molecule has 0 aliphatic heterocycles. The largest absolute Gasteiger partial charge is 0.324 e. The van der Waals surface area contributed by atoms with E-state index in [0.717, 1.165) is 6.42 Å². The fourth-order valence-corrected chi connectivity index (χ4v) is 1.39. The smallest absolute Gasteiger partial charge is 0.0295 e. The first-order valence-electron chi connectivity index (χ1n) is 5.00. The molecule has 0 aliphatic rings. The van der Waals surface area contributed by atoms with E-state index in [-0.39, 0.29) is 18.4 Å². The van der Waals surface area contributed by atoms with Gasteiger partial charge < -0.3 is 5.73 Å². The molecule has 1 aromatic rings. The summed E-state index contributed by atoms with van der Waals surface area (Å²) in [7, 11) is 0. The Morgan fingerprint density at radius 3 is 2.50 bits per heavy atom. The average Bonchev–Trinajstić information content (AvgIpc) is 2.19. The van der Waals surface area contributed by atoms with E-state index < -0.39 is 0 Å². The van der Waals surface area contributed by atoms with Gasteiger partial charge in [0.1, 0.15) is 0 Å². The zero-order valence-electron chi connectivity index (χ0n) is 8.65. The Labute approximate surface area is 92.3 Å². The number of unbranched alkanes of at least 4 members (excludes halogenated alkanes) is 2. The van der Waals surface area contributed by atoms with Crippen LogP contribution in [0.5, 0.6) is 0 Å². The maximum Gasteiger partial charge on any atom is 0.0295 e. The average molecular weight is 215 g/mol. The van der Waals surface area contributed by atoms with Gasteiger partial charge in [-0.25, -0.2) is 0 Å². The molecule has 3 heteroatoms. The van der Waals surface area contributed by atoms with E-state index in [1.807, 2.05) is 12.1 Å².